The highest BCUT2D eigenvalue weighted by atomic mass is 127. The normalized spacial score (nSPS) is 44.7. The number of hydrogen-bond donors (Lipinski definition) is 0. The minimum Gasteiger partial charge on any atom is -0.376 e. The van der Waals surface area contributed by atoms with Crippen molar-refractivity contribution in [3.63, 3.8) is 0 Å². The summed E-state index contributed by atoms with van der Waals surface area (Å²) in [6.07, 6.45) is 8.25. The van der Waals surface area contributed by atoms with E-state index in [1.54, 1.807) is 0 Å². The molecule has 0 aromatic carbocycles. The Morgan fingerprint density at radius 1 is 1.16 bits per heavy atom. The fraction of sp³-hybridized carbons (Fsp3) is 1.00. The van der Waals surface area contributed by atoms with E-state index in [-0.39, 0.29) is 5.60 Å². The fourth-order valence-electron chi connectivity index (χ4n) is 4.74. The van der Waals surface area contributed by atoms with Crippen LogP contribution in [0.25, 0.3) is 0 Å². The van der Waals surface area contributed by atoms with Crippen molar-refractivity contribution in [2.45, 2.75) is 64.1 Å². The lowest BCUT2D eigenvalue weighted by molar-refractivity contribution is -0.164. The first-order valence-electron chi connectivity index (χ1n) is 7.91. The van der Waals surface area contributed by atoms with Crippen LogP contribution in [-0.4, -0.2) is 29.3 Å². The summed E-state index contributed by atoms with van der Waals surface area (Å²) in [4.78, 5) is 0. The summed E-state index contributed by atoms with van der Waals surface area (Å²) < 4.78 is 13.6. The maximum absolute atomic E-state index is 6.60. The maximum atomic E-state index is 6.60. The molecule has 1 aliphatic heterocycles. The van der Waals surface area contributed by atoms with E-state index >= 15 is 0 Å². The van der Waals surface area contributed by atoms with E-state index in [4.69, 9.17) is 9.47 Å². The third kappa shape index (κ3) is 2.28. The van der Waals surface area contributed by atoms with Gasteiger partial charge in [0, 0.05) is 11.0 Å². The van der Waals surface area contributed by atoms with Gasteiger partial charge in [-0.05, 0) is 55.8 Å². The molecule has 4 atom stereocenters. The second-order valence-electron chi connectivity index (χ2n) is 7.25. The van der Waals surface area contributed by atoms with E-state index in [0.717, 1.165) is 29.5 Å². The van der Waals surface area contributed by atoms with Gasteiger partial charge in [0.15, 0.2) is 0 Å². The van der Waals surface area contributed by atoms with E-state index in [9.17, 15) is 0 Å². The highest BCUT2D eigenvalue weighted by Gasteiger charge is 2.63. The molecule has 4 unspecified atom stereocenters. The van der Waals surface area contributed by atoms with Crippen LogP contribution in [-0.2, 0) is 9.47 Å². The molecule has 0 amide bonds. The van der Waals surface area contributed by atoms with Gasteiger partial charge in [-0.15, -0.1) is 0 Å². The Kier molecular flexibility index (Phi) is 4.18. The third-order valence-corrected chi connectivity index (χ3v) is 7.34. The maximum Gasteiger partial charge on any atom is 0.0854 e. The molecule has 2 aliphatic carbocycles. The van der Waals surface area contributed by atoms with Crippen LogP contribution in [0.3, 0.4) is 0 Å². The topological polar surface area (TPSA) is 18.5 Å². The molecule has 3 heteroatoms. The highest BCUT2D eigenvalue weighted by molar-refractivity contribution is 14.1. The van der Waals surface area contributed by atoms with Crippen LogP contribution < -0.4 is 0 Å². The van der Waals surface area contributed by atoms with Gasteiger partial charge in [-0.2, -0.15) is 0 Å². The second kappa shape index (κ2) is 5.45. The standard InChI is InChI=1S/C16H27IO2/c1-15(2)12-6-7-13(9-12)16(15,11-17)19-10-14-5-3-4-8-18-14/h12-14H,3-11H2,1-2H3. The zero-order valence-electron chi connectivity index (χ0n) is 12.3. The Morgan fingerprint density at radius 3 is 2.53 bits per heavy atom. The predicted molar refractivity (Wildman–Crippen MR) is 85.8 cm³/mol. The number of rotatable bonds is 4. The second-order valence-corrected chi connectivity index (χ2v) is 8.01. The van der Waals surface area contributed by atoms with Crippen molar-refractivity contribution in [2.24, 2.45) is 17.3 Å². The molecule has 3 rings (SSSR count). The molecular formula is C16H27IO2. The van der Waals surface area contributed by atoms with Crippen molar-refractivity contribution < 1.29 is 9.47 Å². The van der Waals surface area contributed by atoms with Gasteiger partial charge in [0.05, 0.1) is 18.3 Å². The van der Waals surface area contributed by atoms with E-state index < -0.39 is 0 Å². The average Bonchev–Trinajstić information content (AvgIpc) is 2.98. The van der Waals surface area contributed by atoms with E-state index in [1.165, 1.54) is 38.5 Å². The SMILES string of the molecule is CC1(C)C2CCC(C2)C1(CI)OCC1CCCCO1. The first-order chi connectivity index (χ1) is 9.10. The van der Waals surface area contributed by atoms with Crippen molar-refractivity contribution in [1.82, 2.24) is 0 Å². The van der Waals surface area contributed by atoms with Crippen LogP contribution in [0.2, 0.25) is 0 Å². The molecule has 1 heterocycles. The summed E-state index contributed by atoms with van der Waals surface area (Å²) in [5, 5.41) is 0. The van der Waals surface area contributed by atoms with Crippen LogP contribution in [0.15, 0.2) is 0 Å². The molecule has 2 saturated carbocycles. The number of ether oxygens (including phenoxy) is 2. The number of halogens is 1. The van der Waals surface area contributed by atoms with Crippen LogP contribution in [0.5, 0.6) is 0 Å². The van der Waals surface area contributed by atoms with Gasteiger partial charge < -0.3 is 9.47 Å². The zero-order valence-corrected chi connectivity index (χ0v) is 14.4. The first kappa shape index (κ1) is 14.6. The smallest absolute Gasteiger partial charge is 0.0854 e. The molecule has 110 valence electrons. The van der Waals surface area contributed by atoms with E-state index in [2.05, 4.69) is 36.4 Å². The lowest BCUT2D eigenvalue weighted by Gasteiger charge is -2.49. The molecule has 3 fully saturated rings. The Morgan fingerprint density at radius 2 is 1.95 bits per heavy atom. The Bertz CT molecular complexity index is 325. The lowest BCUT2D eigenvalue weighted by Crippen LogP contribution is -2.54. The van der Waals surface area contributed by atoms with Crippen LogP contribution in [0.4, 0.5) is 0 Å². The first-order valence-corrected chi connectivity index (χ1v) is 9.44. The molecule has 0 aromatic heterocycles. The van der Waals surface area contributed by atoms with Gasteiger partial charge in [0.2, 0.25) is 0 Å². The van der Waals surface area contributed by atoms with Crippen LogP contribution >= 0.6 is 22.6 Å². The number of fused-ring (bicyclic) bond motifs is 2. The van der Waals surface area contributed by atoms with Gasteiger partial charge in [-0.1, -0.05) is 36.4 Å². The van der Waals surface area contributed by atoms with Gasteiger partial charge >= 0.3 is 0 Å². The Labute approximate surface area is 131 Å². The molecule has 2 nitrogen and oxygen atoms in total. The van der Waals surface area contributed by atoms with Crippen molar-refractivity contribution in [3.05, 3.63) is 0 Å². The van der Waals surface area contributed by atoms with Crippen LogP contribution in [0.1, 0.15) is 52.4 Å². The van der Waals surface area contributed by atoms with Crippen molar-refractivity contribution >= 4 is 22.6 Å². The summed E-state index contributed by atoms with van der Waals surface area (Å²) in [7, 11) is 0. The largest absolute Gasteiger partial charge is 0.376 e. The van der Waals surface area contributed by atoms with Crippen molar-refractivity contribution in [2.75, 3.05) is 17.6 Å². The minimum atomic E-state index is 0.108. The third-order valence-electron chi connectivity index (χ3n) is 6.20. The summed E-state index contributed by atoms with van der Waals surface area (Å²) in [6, 6.07) is 0. The highest BCUT2D eigenvalue weighted by Crippen LogP contribution is 2.63. The van der Waals surface area contributed by atoms with Gasteiger partial charge in [-0.3, -0.25) is 0 Å². The van der Waals surface area contributed by atoms with Gasteiger partial charge in [-0.25, -0.2) is 0 Å². The van der Waals surface area contributed by atoms with E-state index in [0.29, 0.717) is 11.5 Å². The lowest BCUT2D eigenvalue weighted by atomic mass is 9.66. The summed E-state index contributed by atoms with van der Waals surface area (Å²) in [5.74, 6) is 1.66. The van der Waals surface area contributed by atoms with Crippen molar-refractivity contribution in [3.8, 4) is 0 Å². The molecule has 0 spiro atoms. The molecule has 19 heavy (non-hydrogen) atoms. The van der Waals surface area contributed by atoms with Crippen molar-refractivity contribution in [1.29, 1.82) is 0 Å². The number of hydrogen-bond acceptors (Lipinski definition) is 2. The molecule has 2 bridgehead atoms. The predicted octanol–water partition coefficient (Wildman–Crippen LogP) is 4.20. The number of alkyl halides is 1. The minimum absolute atomic E-state index is 0.108. The quantitative estimate of drug-likeness (QED) is 0.539. The van der Waals surface area contributed by atoms with Crippen LogP contribution in [0, 0.1) is 17.3 Å². The summed E-state index contributed by atoms with van der Waals surface area (Å²) in [6.45, 7) is 6.63. The Hall–Kier alpha value is 0.650. The molecule has 1 saturated heterocycles. The molecule has 3 aliphatic rings. The molecule has 0 radical (unpaired) electrons. The van der Waals surface area contributed by atoms with E-state index in [1.807, 2.05) is 0 Å². The summed E-state index contributed by atoms with van der Waals surface area (Å²) in [5.41, 5.74) is 0.447. The summed E-state index contributed by atoms with van der Waals surface area (Å²) >= 11 is 2.56. The molecule has 0 aromatic rings. The Balaban J connectivity index is 1.69. The van der Waals surface area contributed by atoms with Gasteiger partial charge in [0.1, 0.15) is 0 Å². The molecular weight excluding hydrogens is 351 g/mol. The molecule has 0 N–H and O–H groups in total. The monoisotopic (exact) mass is 378 g/mol. The fourth-order valence-corrected chi connectivity index (χ4v) is 6.56. The van der Waals surface area contributed by atoms with Gasteiger partial charge in [0.25, 0.3) is 0 Å². The average molecular weight is 378 g/mol. The zero-order chi connectivity index (χ0) is 13.5.